The molecule has 1 saturated heterocycles. The van der Waals surface area contributed by atoms with E-state index in [1.807, 2.05) is 42.1 Å². The number of oxazole rings is 1. The minimum atomic E-state index is 0. The highest BCUT2D eigenvalue weighted by atomic mass is 127. The number of hydrogen-bond acceptors (Lipinski definition) is 4. The molecule has 1 aliphatic heterocycles. The Labute approximate surface area is 128 Å². The van der Waals surface area contributed by atoms with Gasteiger partial charge in [-0.1, -0.05) is 12.1 Å². The van der Waals surface area contributed by atoms with Crippen LogP contribution in [0.4, 0.5) is 0 Å². The van der Waals surface area contributed by atoms with Gasteiger partial charge in [0.05, 0.1) is 5.03 Å². The maximum Gasteiger partial charge on any atom is 0.222 e. The molecule has 96 valence electrons. The van der Waals surface area contributed by atoms with Crippen LogP contribution >= 0.6 is 35.7 Å². The molecule has 0 N–H and O–H groups in total. The zero-order chi connectivity index (χ0) is 11.7. The van der Waals surface area contributed by atoms with Crippen LogP contribution in [0.5, 0.6) is 0 Å². The Hall–Kier alpha value is -0.690. The van der Waals surface area contributed by atoms with Crippen LogP contribution in [-0.2, 0) is 0 Å². The summed E-state index contributed by atoms with van der Waals surface area (Å²) < 4.78 is 5.70. The molecule has 18 heavy (non-hydrogen) atoms. The maximum atomic E-state index is 5.70. The van der Waals surface area contributed by atoms with Gasteiger partial charge in [0.25, 0.3) is 0 Å². The molecule has 1 aliphatic rings. The van der Waals surface area contributed by atoms with Crippen molar-refractivity contribution in [2.45, 2.75) is 6.92 Å². The lowest BCUT2D eigenvalue weighted by Crippen LogP contribution is -2.16. The van der Waals surface area contributed by atoms with Crippen molar-refractivity contribution in [3.8, 4) is 0 Å². The lowest BCUT2D eigenvalue weighted by atomic mass is 10.3. The predicted octanol–water partition coefficient (Wildman–Crippen LogP) is 3.81. The van der Waals surface area contributed by atoms with Crippen molar-refractivity contribution >= 4 is 52.9 Å². The molecule has 0 atom stereocenters. The van der Waals surface area contributed by atoms with Gasteiger partial charge in [0.1, 0.15) is 5.52 Å². The average molecular weight is 374 g/mol. The number of halogens is 1. The third kappa shape index (κ3) is 2.66. The highest BCUT2D eigenvalue weighted by Crippen LogP contribution is 2.29. The first-order valence-corrected chi connectivity index (χ1v) is 6.80. The van der Waals surface area contributed by atoms with E-state index in [-0.39, 0.29) is 24.0 Å². The first-order chi connectivity index (χ1) is 8.36. The van der Waals surface area contributed by atoms with Gasteiger partial charge in [-0.2, -0.15) is 0 Å². The van der Waals surface area contributed by atoms with Gasteiger partial charge in [-0.05, 0) is 19.1 Å². The molecule has 2 heterocycles. The molecule has 2 aromatic rings. The largest absolute Gasteiger partial charge is 0.437 e. The van der Waals surface area contributed by atoms with E-state index in [4.69, 9.17) is 4.42 Å². The van der Waals surface area contributed by atoms with E-state index >= 15 is 0 Å². The zero-order valence-electron chi connectivity index (χ0n) is 10.1. The second kappa shape index (κ2) is 5.97. The number of rotatable bonds is 2. The molecular weight excluding hydrogens is 359 g/mol. The van der Waals surface area contributed by atoms with Gasteiger partial charge in [0.15, 0.2) is 5.58 Å². The molecule has 1 aromatic heterocycles. The number of aromatic nitrogens is 1. The second-order valence-electron chi connectivity index (χ2n) is 3.93. The van der Waals surface area contributed by atoms with Crippen molar-refractivity contribution in [1.29, 1.82) is 0 Å². The molecule has 3 rings (SSSR count). The van der Waals surface area contributed by atoms with Crippen LogP contribution in [0, 0.1) is 0 Å². The van der Waals surface area contributed by atoms with E-state index in [1.165, 1.54) is 5.03 Å². The van der Waals surface area contributed by atoms with Crippen molar-refractivity contribution in [1.82, 2.24) is 9.88 Å². The topological polar surface area (TPSA) is 29.3 Å². The van der Waals surface area contributed by atoms with Crippen molar-refractivity contribution in [2.24, 2.45) is 0 Å². The molecule has 1 fully saturated rings. The van der Waals surface area contributed by atoms with Gasteiger partial charge < -0.3 is 9.32 Å². The summed E-state index contributed by atoms with van der Waals surface area (Å²) in [5, 5.41) is 1.26. The Balaban J connectivity index is 0.00000120. The van der Waals surface area contributed by atoms with Crippen LogP contribution in [0.25, 0.3) is 17.2 Å². The molecule has 3 nitrogen and oxygen atoms in total. The molecule has 0 spiro atoms. The minimum Gasteiger partial charge on any atom is -0.437 e. The number of para-hydroxylation sites is 2. The van der Waals surface area contributed by atoms with E-state index in [2.05, 4.69) is 16.8 Å². The van der Waals surface area contributed by atoms with E-state index in [1.54, 1.807) is 0 Å². The van der Waals surface area contributed by atoms with Gasteiger partial charge in [0.2, 0.25) is 5.89 Å². The zero-order valence-corrected chi connectivity index (χ0v) is 13.3. The van der Waals surface area contributed by atoms with E-state index in [9.17, 15) is 0 Å². The fourth-order valence-corrected chi connectivity index (χ4v) is 3.07. The Morgan fingerprint density at radius 2 is 2.28 bits per heavy atom. The van der Waals surface area contributed by atoms with Gasteiger partial charge in [-0.3, -0.25) is 0 Å². The average Bonchev–Trinajstić information content (AvgIpc) is 2.94. The highest BCUT2D eigenvalue weighted by molar-refractivity contribution is 14.0. The quantitative estimate of drug-likeness (QED) is 0.748. The summed E-state index contributed by atoms with van der Waals surface area (Å²) in [4.78, 5) is 6.81. The molecule has 0 bridgehead atoms. The lowest BCUT2D eigenvalue weighted by molar-refractivity contribution is 0.427. The van der Waals surface area contributed by atoms with Gasteiger partial charge >= 0.3 is 0 Å². The van der Waals surface area contributed by atoms with Crippen molar-refractivity contribution in [2.75, 3.05) is 18.8 Å². The normalized spacial score (nSPS) is 17.4. The monoisotopic (exact) mass is 374 g/mol. The van der Waals surface area contributed by atoms with Crippen LogP contribution in [0.15, 0.2) is 33.7 Å². The SMILES string of the molecule is CCN1CCSC1=Cc1nc2ccccc2o1.I. The van der Waals surface area contributed by atoms with Crippen LogP contribution < -0.4 is 0 Å². The van der Waals surface area contributed by atoms with Crippen molar-refractivity contribution in [3.05, 3.63) is 35.2 Å². The van der Waals surface area contributed by atoms with Gasteiger partial charge in [0, 0.05) is 24.9 Å². The third-order valence-corrected chi connectivity index (χ3v) is 3.92. The predicted molar refractivity (Wildman–Crippen MR) is 87.1 cm³/mol. The number of thioether (sulfide) groups is 1. The maximum absolute atomic E-state index is 5.70. The van der Waals surface area contributed by atoms with E-state index in [0.717, 1.165) is 29.9 Å². The van der Waals surface area contributed by atoms with Crippen LogP contribution in [0.1, 0.15) is 12.8 Å². The molecule has 0 unspecified atom stereocenters. The summed E-state index contributed by atoms with van der Waals surface area (Å²) in [6.45, 7) is 4.33. The fraction of sp³-hybridized carbons (Fsp3) is 0.308. The second-order valence-corrected chi connectivity index (χ2v) is 5.05. The molecule has 1 aromatic carbocycles. The number of nitrogens with zero attached hydrogens (tertiary/aromatic N) is 2. The van der Waals surface area contributed by atoms with E-state index in [0.29, 0.717) is 5.89 Å². The molecule has 0 saturated carbocycles. The van der Waals surface area contributed by atoms with Crippen LogP contribution in [0.2, 0.25) is 0 Å². The van der Waals surface area contributed by atoms with Crippen LogP contribution in [-0.4, -0.2) is 28.7 Å². The fourth-order valence-electron chi connectivity index (χ4n) is 1.97. The molecule has 0 amide bonds. The Kier molecular flexibility index (Phi) is 4.55. The smallest absolute Gasteiger partial charge is 0.222 e. The lowest BCUT2D eigenvalue weighted by Gasteiger charge is -2.14. The first kappa shape index (κ1) is 13.7. The summed E-state index contributed by atoms with van der Waals surface area (Å²) in [6.07, 6.45) is 2.04. The van der Waals surface area contributed by atoms with Gasteiger partial charge in [-0.15, -0.1) is 35.7 Å². The molecule has 5 heteroatoms. The highest BCUT2D eigenvalue weighted by Gasteiger charge is 2.16. The number of benzene rings is 1. The van der Waals surface area contributed by atoms with Gasteiger partial charge in [-0.25, -0.2) is 4.98 Å². The third-order valence-electron chi connectivity index (χ3n) is 2.86. The minimum absolute atomic E-state index is 0. The van der Waals surface area contributed by atoms with Crippen molar-refractivity contribution in [3.63, 3.8) is 0 Å². The summed E-state index contributed by atoms with van der Waals surface area (Å²) in [7, 11) is 0. The standard InChI is InChI=1S/C13H14N2OS.HI/c1-2-15-7-8-17-13(15)9-12-14-10-5-3-4-6-11(10)16-12;/h3-6,9H,2,7-8H2,1H3;1H. The summed E-state index contributed by atoms with van der Waals surface area (Å²) in [5.74, 6) is 1.86. The van der Waals surface area contributed by atoms with E-state index < -0.39 is 0 Å². The number of fused-ring (bicyclic) bond motifs is 1. The Bertz CT molecular complexity index is 534. The number of hydrogen-bond donors (Lipinski definition) is 0. The van der Waals surface area contributed by atoms with Crippen LogP contribution in [0.3, 0.4) is 0 Å². The molecular formula is C13H15IN2OS. The van der Waals surface area contributed by atoms with Crippen molar-refractivity contribution < 1.29 is 4.42 Å². The summed E-state index contributed by atoms with van der Waals surface area (Å²) >= 11 is 1.87. The summed E-state index contributed by atoms with van der Waals surface area (Å²) in [5.41, 5.74) is 1.77. The summed E-state index contributed by atoms with van der Waals surface area (Å²) in [6, 6.07) is 7.86. The Morgan fingerprint density at radius 1 is 1.44 bits per heavy atom. The first-order valence-electron chi connectivity index (χ1n) is 5.82. The molecule has 0 radical (unpaired) electrons. The molecule has 0 aliphatic carbocycles. The Morgan fingerprint density at radius 3 is 3.06 bits per heavy atom.